The summed E-state index contributed by atoms with van der Waals surface area (Å²) >= 11 is 0. The molecule has 0 bridgehead atoms. The molecule has 0 radical (unpaired) electrons. The molecule has 27 heavy (non-hydrogen) atoms. The third kappa shape index (κ3) is 3.89. The minimum absolute atomic E-state index is 0.0784. The van der Waals surface area contributed by atoms with Gasteiger partial charge in [0.05, 0.1) is 14.2 Å². The van der Waals surface area contributed by atoms with Gasteiger partial charge in [0.2, 0.25) is 0 Å². The molecule has 1 aliphatic heterocycles. The summed E-state index contributed by atoms with van der Waals surface area (Å²) in [6.45, 7) is 5.59. The number of piperidine rings is 1. The van der Waals surface area contributed by atoms with E-state index in [0.717, 1.165) is 24.5 Å². The Morgan fingerprint density at radius 1 is 1.30 bits per heavy atom. The highest BCUT2D eigenvalue weighted by Crippen LogP contribution is 2.34. The van der Waals surface area contributed by atoms with Crippen molar-refractivity contribution in [3.63, 3.8) is 0 Å². The van der Waals surface area contributed by atoms with Crippen LogP contribution in [0.2, 0.25) is 0 Å². The van der Waals surface area contributed by atoms with Crippen LogP contribution in [0.3, 0.4) is 0 Å². The molecule has 1 aromatic carbocycles. The molecule has 1 fully saturated rings. The number of hydrogen-bond donors (Lipinski definition) is 0. The van der Waals surface area contributed by atoms with Gasteiger partial charge in [-0.3, -0.25) is 4.79 Å². The van der Waals surface area contributed by atoms with Gasteiger partial charge in [-0.25, -0.2) is 14.1 Å². The zero-order valence-electron chi connectivity index (χ0n) is 16.2. The molecule has 1 amide bonds. The fourth-order valence-corrected chi connectivity index (χ4v) is 3.64. The lowest BCUT2D eigenvalue weighted by Crippen LogP contribution is -2.41. The minimum atomic E-state index is -0.609. The highest BCUT2D eigenvalue weighted by molar-refractivity contribution is 5.98. The molecular weight excluding hydrogens is 351 g/mol. The number of carbonyl (C=O) groups excluding carboxylic acids is 1. The van der Waals surface area contributed by atoms with E-state index in [-0.39, 0.29) is 23.1 Å². The molecule has 1 unspecified atom stereocenters. The summed E-state index contributed by atoms with van der Waals surface area (Å²) in [4.78, 5) is 19.1. The summed E-state index contributed by atoms with van der Waals surface area (Å²) in [7, 11) is 2.87. The van der Waals surface area contributed by atoms with Crippen LogP contribution in [0.25, 0.3) is 0 Å². The number of nitrogens with zero attached hydrogens (tertiary/aromatic N) is 4. The molecule has 2 aromatic rings. The molecule has 0 spiro atoms. The fourth-order valence-electron chi connectivity index (χ4n) is 3.64. The predicted octanol–water partition coefficient (Wildman–Crippen LogP) is 2.60. The monoisotopic (exact) mass is 376 g/mol. The van der Waals surface area contributed by atoms with E-state index in [1.165, 1.54) is 26.4 Å². The van der Waals surface area contributed by atoms with Crippen molar-refractivity contribution in [1.82, 2.24) is 19.7 Å². The first-order chi connectivity index (χ1) is 12.9. The zero-order chi connectivity index (χ0) is 19.6. The molecule has 1 saturated heterocycles. The number of amides is 1. The maximum atomic E-state index is 14.5. The van der Waals surface area contributed by atoms with E-state index >= 15 is 0 Å². The maximum absolute atomic E-state index is 14.5. The molecule has 2 heterocycles. The fraction of sp³-hybridized carbons (Fsp3) is 0.526. The average Bonchev–Trinajstić information content (AvgIpc) is 2.97. The van der Waals surface area contributed by atoms with E-state index in [1.54, 1.807) is 4.90 Å². The second kappa shape index (κ2) is 7.94. The first-order valence-electron chi connectivity index (χ1n) is 9.02. The van der Waals surface area contributed by atoms with Gasteiger partial charge in [-0.2, -0.15) is 5.10 Å². The molecule has 146 valence electrons. The summed E-state index contributed by atoms with van der Waals surface area (Å²) in [6.07, 6.45) is 1.84. The lowest BCUT2D eigenvalue weighted by molar-refractivity contribution is 0.0650. The lowest BCUT2D eigenvalue weighted by Gasteiger charge is -2.33. The molecule has 3 rings (SSSR count). The second-order valence-electron chi connectivity index (χ2n) is 6.81. The quantitative estimate of drug-likeness (QED) is 0.802. The third-order valence-corrected chi connectivity index (χ3v) is 4.91. The van der Waals surface area contributed by atoms with E-state index in [0.29, 0.717) is 25.4 Å². The van der Waals surface area contributed by atoms with Gasteiger partial charge in [-0.05, 0) is 44.7 Å². The van der Waals surface area contributed by atoms with Crippen molar-refractivity contribution in [2.24, 2.45) is 5.92 Å². The standard InChI is InChI=1S/C19H25FN4O3/c1-12-21-13(2)24(22-12)11-14-6-5-9-23(10-14)19(25)17-15(20)7-8-16(26-3)18(17)27-4/h7-8,14H,5-6,9-11H2,1-4H3. The molecule has 0 N–H and O–H groups in total. The van der Waals surface area contributed by atoms with Gasteiger partial charge in [0, 0.05) is 19.6 Å². The number of rotatable bonds is 5. The number of aromatic nitrogens is 3. The molecule has 7 nitrogen and oxygen atoms in total. The van der Waals surface area contributed by atoms with Gasteiger partial charge in [-0.15, -0.1) is 0 Å². The molecule has 1 aliphatic rings. The van der Waals surface area contributed by atoms with E-state index in [9.17, 15) is 9.18 Å². The molecular formula is C19H25FN4O3. The molecule has 0 saturated carbocycles. The van der Waals surface area contributed by atoms with Gasteiger partial charge >= 0.3 is 0 Å². The Kier molecular flexibility index (Phi) is 5.62. The number of hydrogen-bond acceptors (Lipinski definition) is 5. The van der Waals surface area contributed by atoms with Crippen LogP contribution in [0.15, 0.2) is 12.1 Å². The number of halogens is 1. The van der Waals surface area contributed by atoms with E-state index in [1.807, 2.05) is 18.5 Å². The van der Waals surface area contributed by atoms with Crippen LogP contribution in [0.1, 0.15) is 34.8 Å². The number of likely N-dealkylation sites (tertiary alicyclic amines) is 1. The van der Waals surface area contributed by atoms with Crippen LogP contribution in [-0.4, -0.2) is 52.9 Å². The number of ether oxygens (including phenoxy) is 2. The lowest BCUT2D eigenvalue weighted by atomic mass is 9.97. The highest BCUT2D eigenvalue weighted by atomic mass is 19.1. The Balaban J connectivity index is 1.80. The van der Waals surface area contributed by atoms with E-state index in [4.69, 9.17) is 9.47 Å². The van der Waals surface area contributed by atoms with Gasteiger partial charge < -0.3 is 14.4 Å². The van der Waals surface area contributed by atoms with Crippen LogP contribution in [0.5, 0.6) is 11.5 Å². The highest BCUT2D eigenvalue weighted by Gasteiger charge is 2.30. The van der Waals surface area contributed by atoms with Crippen molar-refractivity contribution >= 4 is 5.91 Å². The van der Waals surface area contributed by atoms with Gasteiger partial charge in [0.25, 0.3) is 5.91 Å². The molecule has 1 atom stereocenters. The van der Waals surface area contributed by atoms with E-state index < -0.39 is 5.82 Å². The SMILES string of the molecule is COc1ccc(F)c(C(=O)N2CCCC(Cn3nc(C)nc3C)C2)c1OC. The first-order valence-corrected chi connectivity index (χ1v) is 9.02. The van der Waals surface area contributed by atoms with Crippen LogP contribution < -0.4 is 9.47 Å². The maximum Gasteiger partial charge on any atom is 0.260 e. The zero-order valence-corrected chi connectivity index (χ0v) is 16.2. The number of methoxy groups -OCH3 is 2. The van der Waals surface area contributed by atoms with Crippen molar-refractivity contribution in [2.75, 3.05) is 27.3 Å². The summed E-state index contributed by atoms with van der Waals surface area (Å²) < 4.78 is 26.8. The molecule has 0 aliphatic carbocycles. The summed E-state index contributed by atoms with van der Waals surface area (Å²) in [5.74, 6) is 1.32. The Bertz CT molecular complexity index is 837. The van der Waals surface area contributed by atoms with Gasteiger partial charge in [0.1, 0.15) is 23.0 Å². The Hall–Kier alpha value is -2.64. The molecule has 8 heteroatoms. The van der Waals surface area contributed by atoms with Crippen LogP contribution in [0.4, 0.5) is 4.39 Å². The van der Waals surface area contributed by atoms with Crippen molar-refractivity contribution < 1.29 is 18.7 Å². The number of aryl methyl sites for hydroxylation is 2. The summed E-state index contributed by atoms with van der Waals surface area (Å²) in [5, 5.41) is 4.40. The average molecular weight is 376 g/mol. The van der Waals surface area contributed by atoms with Crippen LogP contribution >= 0.6 is 0 Å². The van der Waals surface area contributed by atoms with E-state index in [2.05, 4.69) is 10.1 Å². The minimum Gasteiger partial charge on any atom is -0.493 e. The van der Waals surface area contributed by atoms with Gasteiger partial charge in [-0.1, -0.05) is 0 Å². The van der Waals surface area contributed by atoms with Crippen molar-refractivity contribution in [1.29, 1.82) is 0 Å². The summed E-state index contributed by atoms with van der Waals surface area (Å²) in [6, 6.07) is 2.69. The predicted molar refractivity (Wildman–Crippen MR) is 97.6 cm³/mol. The van der Waals surface area contributed by atoms with Crippen molar-refractivity contribution in [2.45, 2.75) is 33.2 Å². The largest absolute Gasteiger partial charge is 0.493 e. The second-order valence-corrected chi connectivity index (χ2v) is 6.81. The first kappa shape index (κ1) is 19.1. The Morgan fingerprint density at radius 2 is 2.07 bits per heavy atom. The number of benzene rings is 1. The number of carbonyl (C=O) groups is 1. The van der Waals surface area contributed by atoms with Crippen molar-refractivity contribution in [3.8, 4) is 11.5 Å². The Labute approximate surface area is 158 Å². The third-order valence-electron chi connectivity index (χ3n) is 4.91. The summed E-state index contributed by atoms with van der Waals surface area (Å²) in [5.41, 5.74) is -0.0784. The topological polar surface area (TPSA) is 69.5 Å². The Morgan fingerprint density at radius 3 is 2.70 bits per heavy atom. The molecule has 1 aromatic heterocycles. The van der Waals surface area contributed by atoms with Crippen LogP contribution in [0, 0.1) is 25.6 Å². The van der Waals surface area contributed by atoms with Gasteiger partial charge in [0.15, 0.2) is 11.5 Å². The normalized spacial score (nSPS) is 17.1. The van der Waals surface area contributed by atoms with Crippen LogP contribution in [-0.2, 0) is 6.54 Å². The van der Waals surface area contributed by atoms with Crippen molar-refractivity contribution in [3.05, 3.63) is 35.2 Å². The smallest absolute Gasteiger partial charge is 0.260 e.